The van der Waals surface area contributed by atoms with E-state index in [4.69, 9.17) is 11.6 Å². The summed E-state index contributed by atoms with van der Waals surface area (Å²) in [5, 5.41) is 7.92. The number of imidazole rings is 1. The second-order valence-corrected chi connectivity index (χ2v) is 7.94. The summed E-state index contributed by atoms with van der Waals surface area (Å²) in [7, 11) is 0. The predicted octanol–water partition coefficient (Wildman–Crippen LogP) is 5.25. The number of carbonyl (C=O) groups is 2. The van der Waals surface area contributed by atoms with Crippen molar-refractivity contribution in [2.75, 3.05) is 10.6 Å². The zero-order valence-electron chi connectivity index (χ0n) is 16.2. The highest BCUT2D eigenvalue weighted by molar-refractivity contribution is 7.15. The number of fused-ring (bicyclic) bond motifs is 1. The summed E-state index contributed by atoms with van der Waals surface area (Å²) in [6, 6.07) is 14.9. The van der Waals surface area contributed by atoms with Gasteiger partial charge in [0.15, 0.2) is 4.96 Å². The molecule has 6 nitrogen and oxygen atoms in total. The van der Waals surface area contributed by atoms with Crippen molar-refractivity contribution in [1.82, 2.24) is 9.38 Å². The number of halogens is 1. The van der Waals surface area contributed by atoms with E-state index in [9.17, 15) is 9.59 Å². The maximum atomic E-state index is 12.7. The molecule has 0 saturated heterocycles. The van der Waals surface area contributed by atoms with Gasteiger partial charge in [0.1, 0.15) is 0 Å². The highest BCUT2D eigenvalue weighted by Gasteiger charge is 2.14. The SMILES string of the molecule is CCC(=O)Nc1ccc(Cl)c(NC(=O)Cc2csc3nc(-c4ccccc4)cn23)c1. The number of anilines is 2. The Balaban J connectivity index is 1.51. The molecule has 152 valence electrons. The molecule has 0 fully saturated rings. The molecule has 30 heavy (non-hydrogen) atoms. The molecular weight excluding hydrogens is 420 g/mol. The van der Waals surface area contributed by atoms with E-state index in [2.05, 4.69) is 15.6 Å². The molecule has 0 bridgehead atoms. The van der Waals surface area contributed by atoms with Crippen LogP contribution in [0.4, 0.5) is 11.4 Å². The molecule has 2 heterocycles. The molecular formula is C22H19ClN4O2S. The molecule has 0 aliphatic heterocycles. The van der Waals surface area contributed by atoms with Crippen LogP contribution >= 0.6 is 22.9 Å². The minimum atomic E-state index is -0.203. The van der Waals surface area contributed by atoms with Crippen LogP contribution in [0.2, 0.25) is 5.02 Å². The van der Waals surface area contributed by atoms with Gasteiger partial charge in [-0.2, -0.15) is 0 Å². The van der Waals surface area contributed by atoms with Crippen LogP contribution in [0.5, 0.6) is 0 Å². The van der Waals surface area contributed by atoms with E-state index in [0.29, 0.717) is 22.8 Å². The number of carbonyl (C=O) groups excluding carboxylic acids is 2. The minimum absolute atomic E-state index is 0.107. The fourth-order valence-electron chi connectivity index (χ4n) is 3.01. The molecule has 0 unspecified atom stereocenters. The van der Waals surface area contributed by atoms with Crippen molar-refractivity contribution in [3.63, 3.8) is 0 Å². The van der Waals surface area contributed by atoms with Gasteiger partial charge in [-0.05, 0) is 18.2 Å². The van der Waals surface area contributed by atoms with Crippen LogP contribution < -0.4 is 10.6 Å². The van der Waals surface area contributed by atoms with Crippen molar-refractivity contribution in [2.24, 2.45) is 0 Å². The number of hydrogen-bond donors (Lipinski definition) is 2. The molecule has 4 rings (SSSR count). The summed E-state index contributed by atoms with van der Waals surface area (Å²) in [4.78, 5) is 29.7. The van der Waals surface area contributed by atoms with Crippen molar-refractivity contribution in [1.29, 1.82) is 0 Å². The van der Waals surface area contributed by atoms with Gasteiger partial charge >= 0.3 is 0 Å². The number of benzene rings is 2. The molecule has 0 aliphatic carbocycles. The topological polar surface area (TPSA) is 75.5 Å². The molecule has 0 atom stereocenters. The monoisotopic (exact) mass is 438 g/mol. The molecule has 0 saturated carbocycles. The van der Waals surface area contributed by atoms with Crippen LogP contribution in [0.1, 0.15) is 19.0 Å². The van der Waals surface area contributed by atoms with Crippen LogP contribution in [0, 0.1) is 0 Å². The summed E-state index contributed by atoms with van der Waals surface area (Å²) in [5.74, 6) is -0.310. The lowest BCUT2D eigenvalue weighted by molar-refractivity contribution is -0.116. The van der Waals surface area contributed by atoms with Gasteiger partial charge in [-0.15, -0.1) is 11.3 Å². The molecule has 0 radical (unpaired) electrons. The van der Waals surface area contributed by atoms with Crippen LogP contribution in [0.25, 0.3) is 16.2 Å². The highest BCUT2D eigenvalue weighted by Crippen LogP contribution is 2.27. The Morgan fingerprint density at radius 3 is 2.67 bits per heavy atom. The third-order valence-corrected chi connectivity index (χ3v) is 5.76. The van der Waals surface area contributed by atoms with E-state index in [0.717, 1.165) is 21.9 Å². The lowest BCUT2D eigenvalue weighted by Gasteiger charge is -2.10. The standard InChI is InChI=1S/C22H19ClN4O2S/c1-2-20(28)24-15-8-9-17(23)18(10-15)25-21(29)11-16-13-30-22-26-19(12-27(16)22)14-6-4-3-5-7-14/h3-10,12-13H,2,11H2,1H3,(H,24,28)(H,25,29). The average molecular weight is 439 g/mol. The molecule has 2 aromatic carbocycles. The number of aromatic nitrogens is 2. The predicted molar refractivity (Wildman–Crippen MR) is 121 cm³/mol. The van der Waals surface area contributed by atoms with Crippen LogP contribution in [-0.2, 0) is 16.0 Å². The molecule has 4 aromatic rings. The van der Waals surface area contributed by atoms with Crippen molar-refractivity contribution < 1.29 is 9.59 Å². The Hall–Kier alpha value is -3.16. The van der Waals surface area contributed by atoms with Gasteiger partial charge in [0, 0.05) is 34.9 Å². The minimum Gasteiger partial charge on any atom is -0.326 e. The average Bonchev–Trinajstić information content (AvgIpc) is 3.33. The number of nitrogens with one attached hydrogen (secondary N) is 2. The smallest absolute Gasteiger partial charge is 0.230 e. The zero-order chi connectivity index (χ0) is 21.1. The van der Waals surface area contributed by atoms with E-state index >= 15 is 0 Å². The maximum absolute atomic E-state index is 12.7. The summed E-state index contributed by atoms with van der Waals surface area (Å²) in [6.45, 7) is 1.77. The summed E-state index contributed by atoms with van der Waals surface area (Å²) in [5.41, 5.74) is 3.78. The van der Waals surface area contributed by atoms with Crippen molar-refractivity contribution in [3.8, 4) is 11.3 Å². The number of nitrogens with zero attached hydrogens (tertiary/aromatic N) is 2. The highest BCUT2D eigenvalue weighted by atomic mass is 35.5. The molecule has 8 heteroatoms. The van der Waals surface area contributed by atoms with Crippen molar-refractivity contribution >= 4 is 51.1 Å². The molecule has 2 amide bonds. The fourth-order valence-corrected chi connectivity index (χ4v) is 4.05. The van der Waals surface area contributed by atoms with E-state index in [1.165, 1.54) is 11.3 Å². The van der Waals surface area contributed by atoms with E-state index in [1.54, 1.807) is 25.1 Å². The maximum Gasteiger partial charge on any atom is 0.230 e. The molecule has 0 aliphatic rings. The Kier molecular flexibility index (Phi) is 5.83. The zero-order valence-corrected chi connectivity index (χ0v) is 17.8. The van der Waals surface area contributed by atoms with Gasteiger partial charge in [0.2, 0.25) is 11.8 Å². The van der Waals surface area contributed by atoms with Crippen LogP contribution in [0.3, 0.4) is 0 Å². The lowest BCUT2D eigenvalue weighted by Crippen LogP contribution is -2.16. The van der Waals surface area contributed by atoms with Gasteiger partial charge < -0.3 is 10.6 Å². The molecule has 2 aromatic heterocycles. The first kappa shape index (κ1) is 20.1. The van der Waals surface area contributed by atoms with E-state index < -0.39 is 0 Å². The van der Waals surface area contributed by atoms with Gasteiger partial charge in [0.05, 0.1) is 22.8 Å². The van der Waals surface area contributed by atoms with Crippen molar-refractivity contribution in [2.45, 2.75) is 19.8 Å². The lowest BCUT2D eigenvalue weighted by atomic mass is 10.2. The number of hydrogen-bond acceptors (Lipinski definition) is 4. The molecule has 0 spiro atoms. The summed E-state index contributed by atoms with van der Waals surface area (Å²) in [6.07, 6.45) is 2.48. The van der Waals surface area contributed by atoms with Crippen LogP contribution in [0.15, 0.2) is 60.1 Å². The third-order valence-electron chi connectivity index (χ3n) is 4.54. The first-order valence-corrected chi connectivity index (χ1v) is 10.7. The summed E-state index contributed by atoms with van der Waals surface area (Å²) >= 11 is 7.71. The third kappa shape index (κ3) is 4.37. The Bertz CT molecular complexity index is 1220. The second-order valence-electron chi connectivity index (χ2n) is 6.69. The van der Waals surface area contributed by atoms with Gasteiger partial charge in [0.25, 0.3) is 0 Å². The fraction of sp³-hybridized carbons (Fsp3) is 0.136. The Morgan fingerprint density at radius 1 is 1.10 bits per heavy atom. The first-order chi connectivity index (χ1) is 14.5. The Morgan fingerprint density at radius 2 is 1.90 bits per heavy atom. The normalized spacial score (nSPS) is 10.9. The van der Waals surface area contributed by atoms with Gasteiger partial charge in [-0.3, -0.25) is 14.0 Å². The number of rotatable bonds is 6. The number of thiazole rings is 1. The van der Waals surface area contributed by atoms with Crippen LogP contribution in [-0.4, -0.2) is 21.2 Å². The first-order valence-electron chi connectivity index (χ1n) is 9.43. The van der Waals surface area contributed by atoms with Gasteiger partial charge in [-0.25, -0.2) is 4.98 Å². The quantitative estimate of drug-likeness (QED) is 0.432. The number of amides is 2. The second kappa shape index (κ2) is 8.69. The summed E-state index contributed by atoms with van der Waals surface area (Å²) < 4.78 is 1.94. The van der Waals surface area contributed by atoms with E-state index in [1.807, 2.05) is 46.3 Å². The van der Waals surface area contributed by atoms with Gasteiger partial charge in [-0.1, -0.05) is 48.9 Å². The van der Waals surface area contributed by atoms with Crippen molar-refractivity contribution in [3.05, 3.63) is 70.8 Å². The largest absolute Gasteiger partial charge is 0.326 e. The van der Waals surface area contributed by atoms with E-state index in [-0.39, 0.29) is 18.2 Å². The molecule has 2 N–H and O–H groups in total. The Labute approximate surface area is 182 Å².